The van der Waals surface area contributed by atoms with Crippen molar-refractivity contribution in [1.29, 1.82) is 0 Å². The van der Waals surface area contributed by atoms with E-state index in [1.54, 1.807) is 48.5 Å². The van der Waals surface area contributed by atoms with Gasteiger partial charge in [0, 0.05) is 8.95 Å². The van der Waals surface area contributed by atoms with Gasteiger partial charge in [0.05, 0.1) is 33.6 Å². The zero-order chi connectivity index (χ0) is 55.9. The van der Waals surface area contributed by atoms with Crippen molar-refractivity contribution in [1.82, 2.24) is 0 Å². The van der Waals surface area contributed by atoms with Gasteiger partial charge >= 0.3 is 33.6 Å². The summed E-state index contributed by atoms with van der Waals surface area (Å²) >= 11 is 6.48. The van der Waals surface area contributed by atoms with E-state index in [2.05, 4.69) is 87.2 Å². The predicted octanol–water partition coefficient (Wildman–Crippen LogP) is 15.6. The average molecular weight is 1180 g/mol. The minimum Gasteiger partial charge on any atom is -0.410 e. The molecule has 0 radical (unpaired) electrons. The Kier molecular flexibility index (Phi) is 17.8. The van der Waals surface area contributed by atoms with Gasteiger partial charge in [0.1, 0.15) is 10.8 Å². The molecule has 4 aliphatic heterocycles. The topological polar surface area (TPSA) is 55.4 Å². The van der Waals surface area contributed by atoms with Crippen LogP contribution in [0.3, 0.4) is 0 Å². The van der Waals surface area contributed by atoms with Crippen molar-refractivity contribution in [2.75, 3.05) is 0 Å². The van der Waals surface area contributed by atoms with Gasteiger partial charge in [-0.15, -0.1) is 0 Å². The van der Waals surface area contributed by atoms with E-state index < -0.39 is 59.8 Å². The van der Waals surface area contributed by atoms with Gasteiger partial charge in [-0.3, -0.25) is 0 Å². The summed E-state index contributed by atoms with van der Waals surface area (Å²) in [7, 11) is -1.31. The van der Waals surface area contributed by atoms with Crippen molar-refractivity contribution in [3.63, 3.8) is 0 Å². The van der Waals surface area contributed by atoms with Crippen molar-refractivity contribution in [3.8, 4) is 0 Å². The van der Waals surface area contributed by atoms with Crippen LogP contribution < -0.4 is 10.9 Å². The molecule has 0 aliphatic carbocycles. The van der Waals surface area contributed by atoms with E-state index in [-0.39, 0.29) is 47.9 Å². The van der Waals surface area contributed by atoms with Crippen LogP contribution in [0.25, 0.3) is 0 Å². The highest BCUT2D eigenvalue weighted by atomic mass is 79.9. The molecule has 4 aliphatic rings. The summed E-state index contributed by atoms with van der Waals surface area (Å²) in [4.78, 5) is 0. The van der Waals surface area contributed by atoms with Crippen LogP contribution >= 0.6 is 31.9 Å². The highest BCUT2D eigenvalue weighted by Crippen LogP contribution is 2.55. The van der Waals surface area contributed by atoms with Gasteiger partial charge in [-0.05, 0) is 165 Å². The van der Waals surface area contributed by atoms with Crippen LogP contribution in [0.15, 0.2) is 106 Å². The number of hydrogen-bond acceptors (Lipinski definition) is 6. The maximum atomic E-state index is 14.6. The van der Waals surface area contributed by atoms with Gasteiger partial charge in [-0.2, -0.15) is 26.3 Å². The van der Waals surface area contributed by atoms with Gasteiger partial charge < -0.3 is 27.9 Å². The molecule has 18 heteroatoms. The lowest BCUT2D eigenvalue weighted by atomic mass is 9.22. The predicted molar refractivity (Wildman–Crippen MR) is 303 cm³/mol. The number of benzene rings is 4. The van der Waals surface area contributed by atoms with E-state index in [9.17, 15) is 26.3 Å². The fraction of sp³-hybridized carbons (Fsp3) is 0.579. The molecule has 75 heavy (non-hydrogen) atoms. The van der Waals surface area contributed by atoms with Crippen LogP contribution in [0.4, 0.5) is 26.3 Å². The Balaban J connectivity index is 0.000000226. The normalized spacial score (nSPS) is 21.9. The van der Waals surface area contributed by atoms with Crippen LogP contribution in [-0.2, 0) is 38.8 Å². The van der Waals surface area contributed by atoms with Crippen molar-refractivity contribution in [2.24, 2.45) is 10.8 Å². The third-order valence-electron chi connectivity index (χ3n) is 18.0. The maximum Gasteiger partial charge on any atom is 0.494 e. The second-order valence-corrected chi connectivity index (χ2v) is 27.1. The zero-order valence-corrected chi connectivity index (χ0v) is 49.6. The van der Waals surface area contributed by atoms with Crippen molar-refractivity contribution in [2.45, 2.75) is 201 Å². The van der Waals surface area contributed by atoms with Gasteiger partial charge in [-0.1, -0.05) is 152 Å². The lowest BCUT2D eigenvalue weighted by Crippen LogP contribution is -2.42. The largest absolute Gasteiger partial charge is 0.494 e. The molecule has 0 N–H and O–H groups in total. The molecule has 0 unspecified atom stereocenters. The first-order chi connectivity index (χ1) is 33.4. The highest BCUT2D eigenvalue weighted by molar-refractivity contribution is 9.10. The summed E-state index contributed by atoms with van der Waals surface area (Å²) in [5.41, 5.74) is -3.98. The molecule has 4 fully saturated rings. The number of hydrogen-bond donors (Lipinski definition) is 0. The summed E-state index contributed by atoms with van der Waals surface area (Å²) in [5, 5.41) is 0. The molecule has 410 valence electrons. The van der Waals surface area contributed by atoms with E-state index in [0.717, 1.165) is 8.95 Å². The van der Waals surface area contributed by atoms with Crippen molar-refractivity contribution < 1.29 is 54.3 Å². The number of halogens is 8. The Hall–Kier alpha value is -2.56. The van der Waals surface area contributed by atoms with Gasteiger partial charge in [0.25, 0.3) is 0 Å². The molecule has 6 nitrogen and oxygen atoms in total. The Labute approximate surface area is 463 Å². The van der Waals surface area contributed by atoms with Crippen molar-refractivity contribution in [3.05, 3.63) is 128 Å². The molecule has 4 saturated heterocycles. The summed E-state index contributed by atoms with van der Waals surface area (Å²) in [6.45, 7) is 36.5. The summed E-state index contributed by atoms with van der Waals surface area (Å²) in [6.07, 6.45) is -6.52. The SMILES string of the molecule is C.CC(c1ccc(Br)cc1)(c1ccc(Br)cc1)C(F)(F)F.CC1(C)CB(B2OC(C)(C)C(C)(C)O2)CC1(C)C.CC1(C)OB(c2ccc(C(C)(c3ccc(B4OC(C)(C)C(C)(C)O4)cc3)C(F)(F)F)cc2)OC1(C)C. The van der Waals surface area contributed by atoms with E-state index in [4.69, 9.17) is 27.9 Å². The molecular weight excluding hydrogens is 1100 g/mol. The average Bonchev–Trinajstić information content (AvgIpc) is 3.83. The molecule has 0 spiro atoms. The summed E-state index contributed by atoms with van der Waals surface area (Å²) in [5.74, 6) is 0. The molecule has 0 saturated carbocycles. The van der Waals surface area contributed by atoms with E-state index in [0.29, 0.717) is 28.4 Å². The molecule has 8 rings (SSSR count). The van der Waals surface area contributed by atoms with Gasteiger partial charge in [-0.25, -0.2) is 0 Å². The Bertz CT molecular complexity index is 2360. The standard InChI is InChI=1S/C27H35B2F3O4.C15H11Br2F3.C14H28B2O2.CH4/c1-22(2)23(3,4)34-28(33-22)20-14-10-18(11-15-20)26(9,27(30,31)32)19-12-16-21(17-13-19)29-35-24(5,6)25(7,8)36-29;1-14(15(18,19)20,10-2-6-12(16)7-3-10)11-4-8-13(17)9-5-11;1-11(2)9-15(10-12(11,3)4)16-17-13(5,6)14(7,8)18-16;/h10-17H,1-9H3;2-9H,1H3;9-10H2,1-8H3;1H4. The minimum absolute atomic E-state index is 0. The first-order valence-corrected chi connectivity index (χ1v) is 27.0. The van der Waals surface area contributed by atoms with Crippen LogP contribution in [0.1, 0.15) is 154 Å². The molecule has 0 bridgehead atoms. The van der Waals surface area contributed by atoms with E-state index in [1.165, 1.54) is 75.0 Å². The Morgan fingerprint density at radius 1 is 0.373 bits per heavy atom. The second-order valence-electron chi connectivity index (χ2n) is 25.2. The molecule has 0 amide bonds. The first-order valence-electron chi connectivity index (χ1n) is 25.4. The van der Waals surface area contributed by atoms with Crippen LogP contribution in [0.5, 0.6) is 0 Å². The van der Waals surface area contributed by atoms with E-state index >= 15 is 0 Å². The van der Waals surface area contributed by atoms with Gasteiger partial charge in [0.15, 0.2) is 6.60 Å². The molecule has 0 atom stereocenters. The molecule has 4 aromatic carbocycles. The summed E-state index contributed by atoms with van der Waals surface area (Å²) < 4.78 is 123. The van der Waals surface area contributed by atoms with Crippen LogP contribution in [0.2, 0.25) is 12.6 Å². The quantitative estimate of drug-likeness (QED) is 0.136. The van der Waals surface area contributed by atoms with Crippen LogP contribution in [-0.4, -0.2) is 73.8 Å². The summed E-state index contributed by atoms with van der Waals surface area (Å²) in [6, 6.07) is 25.1. The number of rotatable bonds is 7. The third kappa shape index (κ3) is 12.3. The minimum atomic E-state index is -4.52. The van der Waals surface area contributed by atoms with Crippen LogP contribution in [0, 0.1) is 10.8 Å². The highest BCUT2D eigenvalue weighted by Gasteiger charge is 2.61. The molecule has 0 aromatic heterocycles. The fourth-order valence-electron chi connectivity index (χ4n) is 9.67. The lowest BCUT2D eigenvalue weighted by Gasteiger charge is -2.35. The Morgan fingerprint density at radius 2 is 0.587 bits per heavy atom. The first kappa shape index (κ1) is 63.3. The lowest BCUT2D eigenvalue weighted by molar-refractivity contribution is -0.173. The molecule has 4 heterocycles. The second kappa shape index (κ2) is 21.2. The maximum absolute atomic E-state index is 14.6. The van der Waals surface area contributed by atoms with Crippen molar-refractivity contribution >= 4 is 70.6 Å². The Morgan fingerprint density at radius 3 is 0.813 bits per heavy atom. The van der Waals surface area contributed by atoms with Gasteiger partial charge in [0.2, 0.25) is 0 Å². The molecule has 4 aromatic rings. The van der Waals surface area contributed by atoms with E-state index in [1.807, 2.05) is 55.4 Å². The smallest absolute Gasteiger partial charge is 0.410 e. The monoisotopic (exact) mass is 1170 g/mol. The molecular formula is C57H78B4Br2F6O6. The fourth-order valence-corrected chi connectivity index (χ4v) is 10.2. The number of alkyl halides is 6. The zero-order valence-electron chi connectivity index (χ0n) is 46.4. The third-order valence-corrected chi connectivity index (χ3v) is 19.1.